The van der Waals surface area contributed by atoms with Gasteiger partial charge in [-0.05, 0) is 32.2 Å². The van der Waals surface area contributed by atoms with Gasteiger partial charge in [0.2, 0.25) is 5.91 Å². The average Bonchev–Trinajstić information content (AvgIpc) is 2.25. The van der Waals surface area contributed by atoms with E-state index < -0.39 is 6.10 Å². The first-order valence-corrected chi connectivity index (χ1v) is 5.89. The first kappa shape index (κ1) is 14.6. The number of hydrogen-bond donors (Lipinski definition) is 2. The minimum Gasteiger partial charge on any atom is -0.392 e. The zero-order valence-corrected chi connectivity index (χ0v) is 10.7. The van der Waals surface area contributed by atoms with Crippen LogP contribution in [0.4, 0.5) is 10.1 Å². The highest BCUT2D eigenvalue weighted by atomic mass is 19.1. The molecule has 0 fully saturated rings. The van der Waals surface area contributed by atoms with Crippen LogP contribution in [-0.2, 0) is 4.79 Å². The molecule has 1 aromatic rings. The zero-order chi connectivity index (χ0) is 13.5. The third kappa shape index (κ3) is 5.75. The molecule has 1 rings (SSSR count). The molecule has 0 aliphatic carbocycles. The van der Waals surface area contributed by atoms with Crippen LogP contribution in [0.3, 0.4) is 0 Å². The molecule has 0 saturated heterocycles. The minimum absolute atomic E-state index is 0.168. The summed E-state index contributed by atoms with van der Waals surface area (Å²) in [7, 11) is 1.84. The Bertz CT molecular complexity index is 396. The number of hydrogen-bond acceptors (Lipinski definition) is 3. The molecular weight excluding hydrogens is 235 g/mol. The molecule has 100 valence electrons. The van der Waals surface area contributed by atoms with Crippen molar-refractivity contribution in [1.82, 2.24) is 4.90 Å². The van der Waals surface area contributed by atoms with Crippen molar-refractivity contribution in [3.63, 3.8) is 0 Å². The summed E-state index contributed by atoms with van der Waals surface area (Å²) in [6.45, 7) is 2.77. The lowest BCUT2D eigenvalue weighted by Gasteiger charge is -2.17. The predicted octanol–water partition coefficient (Wildman–Crippen LogP) is 1.47. The average molecular weight is 254 g/mol. The summed E-state index contributed by atoms with van der Waals surface area (Å²) in [4.78, 5) is 13.5. The van der Waals surface area contributed by atoms with Gasteiger partial charge in [0.25, 0.3) is 0 Å². The van der Waals surface area contributed by atoms with E-state index in [1.165, 1.54) is 12.1 Å². The summed E-state index contributed by atoms with van der Waals surface area (Å²) in [6, 6.07) is 5.79. The Morgan fingerprint density at radius 1 is 1.56 bits per heavy atom. The predicted molar refractivity (Wildman–Crippen MR) is 68.8 cm³/mol. The lowest BCUT2D eigenvalue weighted by Crippen LogP contribution is -2.30. The lowest BCUT2D eigenvalue weighted by molar-refractivity contribution is -0.116. The Labute approximate surface area is 106 Å². The van der Waals surface area contributed by atoms with Gasteiger partial charge in [0.05, 0.1) is 6.10 Å². The fourth-order valence-corrected chi connectivity index (χ4v) is 1.62. The van der Waals surface area contributed by atoms with Gasteiger partial charge >= 0.3 is 0 Å². The number of nitrogens with zero attached hydrogens (tertiary/aromatic N) is 1. The van der Waals surface area contributed by atoms with Crippen LogP contribution in [0.15, 0.2) is 24.3 Å². The van der Waals surface area contributed by atoms with E-state index in [0.717, 1.165) is 0 Å². The van der Waals surface area contributed by atoms with Gasteiger partial charge < -0.3 is 15.3 Å². The molecule has 0 radical (unpaired) electrons. The first-order valence-electron chi connectivity index (χ1n) is 5.89. The molecular formula is C13H19FN2O2. The maximum absolute atomic E-state index is 12.9. The maximum Gasteiger partial charge on any atom is 0.225 e. The second kappa shape index (κ2) is 7.08. The van der Waals surface area contributed by atoms with Crippen molar-refractivity contribution >= 4 is 11.6 Å². The third-order valence-corrected chi connectivity index (χ3v) is 2.40. The maximum atomic E-state index is 12.9. The van der Waals surface area contributed by atoms with Crippen LogP contribution in [0, 0.1) is 5.82 Å². The van der Waals surface area contributed by atoms with Gasteiger partial charge in [-0.3, -0.25) is 4.79 Å². The summed E-state index contributed by atoms with van der Waals surface area (Å²) in [6.07, 6.45) is -0.110. The van der Waals surface area contributed by atoms with Gasteiger partial charge in [-0.25, -0.2) is 4.39 Å². The number of nitrogens with one attached hydrogen (secondary N) is 1. The van der Waals surface area contributed by atoms with Gasteiger partial charge in [-0.1, -0.05) is 6.07 Å². The van der Waals surface area contributed by atoms with Crippen molar-refractivity contribution in [3.05, 3.63) is 30.1 Å². The number of carbonyl (C=O) groups excluding carboxylic acids is 1. The van der Waals surface area contributed by atoms with E-state index in [9.17, 15) is 9.18 Å². The van der Waals surface area contributed by atoms with Crippen LogP contribution in [0.2, 0.25) is 0 Å². The van der Waals surface area contributed by atoms with Crippen LogP contribution in [0.5, 0.6) is 0 Å². The molecule has 1 amide bonds. The Hall–Kier alpha value is -1.46. The van der Waals surface area contributed by atoms with Crippen molar-refractivity contribution in [2.45, 2.75) is 19.4 Å². The van der Waals surface area contributed by atoms with Crippen molar-refractivity contribution in [2.24, 2.45) is 0 Å². The van der Waals surface area contributed by atoms with Crippen LogP contribution in [0.25, 0.3) is 0 Å². The normalized spacial score (nSPS) is 12.5. The second-order valence-electron chi connectivity index (χ2n) is 4.42. The minimum atomic E-state index is -0.415. The Kier molecular flexibility index (Phi) is 5.74. The molecule has 1 aromatic carbocycles. The topological polar surface area (TPSA) is 52.6 Å². The molecule has 0 spiro atoms. The molecule has 0 aromatic heterocycles. The molecule has 0 heterocycles. The number of carbonyl (C=O) groups is 1. The van der Waals surface area contributed by atoms with E-state index in [-0.39, 0.29) is 11.7 Å². The van der Waals surface area contributed by atoms with Gasteiger partial charge in [0.1, 0.15) is 5.82 Å². The van der Waals surface area contributed by atoms with Gasteiger partial charge in [-0.2, -0.15) is 0 Å². The Morgan fingerprint density at radius 3 is 2.89 bits per heavy atom. The lowest BCUT2D eigenvalue weighted by atomic mass is 10.3. The van der Waals surface area contributed by atoms with Crippen LogP contribution in [-0.4, -0.2) is 42.2 Å². The SMILES string of the molecule is CC(O)CN(C)CCC(=O)Nc1cccc(F)c1. The third-order valence-electron chi connectivity index (χ3n) is 2.40. The monoisotopic (exact) mass is 254 g/mol. The smallest absolute Gasteiger partial charge is 0.225 e. The molecule has 5 heteroatoms. The van der Waals surface area contributed by atoms with Crippen molar-refractivity contribution in [2.75, 3.05) is 25.5 Å². The molecule has 2 N–H and O–H groups in total. The highest BCUT2D eigenvalue weighted by Gasteiger charge is 2.07. The van der Waals surface area contributed by atoms with E-state index in [1.54, 1.807) is 19.1 Å². The second-order valence-corrected chi connectivity index (χ2v) is 4.42. The molecule has 1 unspecified atom stereocenters. The summed E-state index contributed by atoms with van der Waals surface area (Å²) < 4.78 is 12.9. The van der Waals surface area contributed by atoms with Crippen LogP contribution < -0.4 is 5.32 Å². The van der Waals surface area contributed by atoms with Crippen molar-refractivity contribution in [3.8, 4) is 0 Å². The number of likely N-dealkylation sites (N-methyl/N-ethyl adjacent to an activating group) is 1. The largest absolute Gasteiger partial charge is 0.392 e. The van der Waals surface area contributed by atoms with E-state index in [4.69, 9.17) is 5.11 Å². The molecule has 0 aliphatic rings. The number of benzene rings is 1. The number of amides is 1. The molecule has 18 heavy (non-hydrogen) atoms. The molecule has 4 nitrogen and oxygen atoms in total. The van der Waals surface area contributed by atoms with Gasteiger partial charge in [-0.15, -0.1) is 0 Å². The quantitative estimate of drug-likeness (QED) is 0.808. The Balaban J connectivity index is 2.34. The number of aliphatic hydroxyl groups excluding tert-OH is 1. The fourth-order valence-electron chi connectivity index (χ4n) is 1.62. The number of halogens is 1. The molecule has 0 saturated carbocycles. The number of anilines is 1. The van der Waals surface area contributed by atoms with Crippen LogP contribution in [0.1, 0.15) is 13.3 Å². The van der Waals surface area contributed by atoms with E-state index in [0.29, 0.717) is 25.2 Å². The highest BCUT2D eigenvalue weighted by molar-refractivity contribution is 5.90. The zero-order valence-electron chi connectivity index (χ0n) is 10.7. The summed E-state index contributed by atoms with van der Waals surface area (Å²) in [5, 5.41) is 11.8. The van der Waals surface area contributed by atoms with Gasteiger partial charge in [0, 0.05) is 25.2 Å². The summed E-state index contributed by atoms with van der Waals surface area (Å²) in [5.41, 5.74) is 0.457. The number of rotatable bonds is 6. The van der Waals surface area contributed by atoms with Gasteiger partial charge in [0.15, 0.2) is 0 Å². The molecule has 1 atom stereocenters. The van der Waals surface area contributed by atoms with Crippen molar-refractivity contribution in [1.29, 1.82) is 0 Å². The summed E-state index contributed by atoms with van der Waals surface area (Å²) in [5.74, 6) is -0.544. The van der Waals surface area contributed by atoms with E-state index in [1.807, 2.05) is 11.9 Å². The highest BCUT2D eigenvalue weighted by Crippen LogP contribution is 2.09. The Morgan fingerprint density at radius 2 is 2.28 bits per heavy atom. The number of aliphatic hydroxyl groups is 1. The molecule has 0 aliphatic heterocycles. The van der Waals surface area contributed by atoms with E-state index >= 15 is 0 Å². The first-order chi connectivity index (χ1) is 8.47. The fraction of sp³-hybridized carbons (Fsp3) is 0.462. The standard InChI is InChI=1S/C13H19FN2O2/c1-10(17)9-16(2)7-6-13(18)15-12-5-3-4-11(14)8-12/h3-5,8,10,17H,6-7,9H2,1-2H3,(H,15,18). The van der Waals surface area contributed by atoms with Crippen LogP contribution >= 0.6 is 0 Å². The summed E-state index contributed by atoms with van der Waals surface area (Å²) >= 11 is 0. The van der Waals surface area contributed by atoms with Crippen molar-refractivity contribution < 1.29 is 14.3 Å². The van der Waals surface area contributed by atoms with E-state index in [2.05, 4.69) is 5.32 Å². The molecule has 0 bridgehead atoms.